The van der Waals surface area contributed by atoms with Crippen molar-refractivity contribution < 1.29 is 14.6 Å². The lowest BCUT2D eigenvalue weighted by Crippen LogP contribution is -2.29. The van der Waals surface area contributed by atoms with Crippen molar-refractivity contribution in [2.75, 3.05) is 12.4 Å². The highest BCUT2D eigenvalue weighted by atomic mass is 16.5. The van der Waals surface area contributed by atoms with E-state index in [0.717, 1.165) is 5.69 Å². The van der Waals surface area contributed by atoms with E-state index in [-0.39, 0.29) is 6.04 Å². The molecule has 4 heteroatoms. The minimum atomic E-state index is -0.810. The number of methoxy groups -OCH3 is 1. The third-order valence-electron chi connectivity index (χ3n) is 2.63. The van der Waals surface area contributed by atoms with E-state index in [1.807, 2.05) is 31.2 Å². The molecule has 16 heavy (non-hydrogen) atoms. The first-order valence-electron chi connectivity index (χ1n) is 5.18. The van der Waals surface area contributed by atoms with E-state index in [0.29, 0.717) is 5.75 Å². The Labute approximate surface area is 95.2 Å². The van der Waals surface area contributed by atoms with E-state index in [9.17, 15) is 4.79 Å². The number of carboxylic acid groups (broad SMARTS) is 1. The van der Waals surface area contributed by atoms with Gasteiger partial charge in [-0.2, -0.15) is 0 Å². The van der Waals surface area contributed by atoms with Gasteiger partial charge in [0.2, 0.25) is 0 Å². The van der Waals surface area contributed by atoms with Crippen LogP contribution in [-0.4, -0.2) is 24.2 Å². The van der Waals surface area contributed by atoms with Crippen LogP contribution in [0.2, 0.25) is 0 Å². The summed E-state index contributed by atoms with van der Waals surface area (Å²) in [6, 6.07) is 7.29. The van der Waals surface area contributed by atoms with Crippen LogP contribution in [-0.2, 0) is 4.79 Å². The van der Waals surface area contributed by atoms with Gasteiger partial charge in [0.15, 0.2) is 0 Å². The van der Waals surface area contributed by atoms with E-state index < -0.39 is 11.9 Å². The number of ether oxygens (including phenoxy) is 1. The minimum absolute atomic E-state index is 0.159. The highest BCUT2D eigenvalue weighted by molar-refractivity contribution is 5.71. The average molecular weight is 223 g/mol. The Morgan fingerprint density at radius 1 is 1.38 bits per heavy atom. The third-order valence-corrected chi connectivity index (χ3v) is 2.63. The summed E-state index contributed by atoms with van der Waals surface area (Å²) in [5.74, 6) is -0.549. The van der Waals surface area contributed by atoms with Gasteiger partial charge in [0, 0.05) is 6.04 Å². The zero-order chi connectivity index (χ0) is 12.1. The quantitative estimate of drug-likeness (QED) is 0.803. The fourth-order valence-electron chi connectivity index (χ4n) is 1.35. The SMILES string of the molecule is COc1ccccc1NC(C)C(C)C(=O)O. The summed E-state index contributed by atoms with van der Waals surface area (Å²) < 4.78 is 5.18. The fourth-order valence-corrected chi connectivity index (χ4v) is 1.35. The Hall–Kier alpha value is -1.71. The number of hydrogen-bond acceptors (Lipinski definition) is 3. The summed E-state index contributed by atoms with van der Waals surface area (Å²) in [6.07, 6.45) is 0. The maximum Gasteiger partial charge on any atom is 0.308 e. The summed E-state index contributed by atoms with van der Waals surface area (Å²) in [5, 5.41) is 12.0. The third kappa shape index (κ3) is 2.89. The van der Waals surface area contributed by atoms with Crippen LogP contribution in [0.1, 0.15) is 13.8 Å². The van der Waals surface area contributed by atoms with Crippen molar-refractivity contribution in [2.45, 2.75) is 19.9 Å². The molecule has 0 saturated carbocycles. The molecule has 0 heterocycles. The molecule has 88 valence electrons. The molecular formula is C12H17NO3. The van der Waals surface area contributed by atoms with E-state index in [1.54, 1.807) is 14.0 Å². The number of rotatable bonds is 5. The predicted molar refractivity (Wildman–Crippen MR) is 62.9 cm³/mol. The number of aliphatic carboxylic acids is 1. The van der Waals surface area contributed by atoms with Crippen molar-refractivity contribution in [1.82, 2.24) is 0 Å². The summed E-state index contributed by atoms with van der Waals surface area (Å²) in [7, 11) is 1.59. The van der Waals surface area contributed by atoms with Crippen molar-refractivity contribution in [3.8, 4) is 5.75 Å². The van der Waals surface area contributed by atoms with Crippen LogP contribution in [0.4, 0.5) is 5.69 Å². The summed E-state index contributed by atoms with van der Waals surface area (Å²) in [4.78, 5) is 10.8. The molecule has 1 rings (SSSR count). The van der Waals surface area contributed by atoms with Gasteiger partial charge >= 0.3 is 5.97 Å². The van der Waals surface area contributed by atoms with Gasteiger partial charge in [-0.05, 0) is 26.0 Å². The molecule has 0 spiro atoms. The standard InChI is InChI=1S/C12H17NO3/c1-8(12(14)15)9(2)13-10-6-4-5-7-11(10)16-3/h4-9,13H,1-3H3,(H,14,15). The largest absolute Gasteiger partial charge is 0.495 e. The molecule has 1 aromatic carbocycles. The summed E-state index contributed by atoms with van der Waals surface area (Å²) in [5.41, 5.74) is 0.811. The predicted octanol–water partition coefficient (Wildman–Crippen LogP) is 2.22. The van der Waals surface area contributed by atoms with Crippen molar-refractivity contribution in [2.24, 2.45) is 5.92 Å². The second-order valence-corrected chi connectivity index (χ2v) is 3.76. The Bertz CT molecular complexity index is 365. The number of nitrogens with one attached hydrogen (secondary N) is 1. The first-order valence-corrected chi connectivity index (χ1v) is 5.18. The number of para-hydroxylation sites is 2. The Morgan fingerprint density at radius 3 is 2.56 bits per heavy atom. The number of carbonyl (C=O) groups is 1. The maximum atomic E-state index is 10.8. The van der Waals surface area contributed by atoms with Crippen molar-refractivity contribution >= 4 is 11.7 Å². The Balaban J connectivity index is 2.76. The van der Waals surface area contributed by atoms with Gasteiger partial charge in [0.1, 0.15) is 5.75 Å². The van der Waals surface area contributed by atoms with Crippen LogP contribution >= 0.6 is 0 Å². The van der Waals surface area contributed by atoms with Crippen molar-refractivity contribution in [3.63, 3.8) is 0 Å². The second-order valence-electron chi connectivity index (χ2n) is 3.76. The number of hydrogen-bond donors (Lipinski definition) is 2. The van der Waals surface area contributed by atoms with Crippen LogP contribution in [0.25, 0.3) is 0 Å². The second kappa shape index (κ2) is 5.39. The lowest BCUT2D eigenvalue weighted by Gasteiger charge is -2.20. The number of benzene rings is 1. The molecule has 4 nitrogen and oxygen atoms in total. The van der Waals surface area contributed by atoms with Crippen LogP contribution in [0, 0.1) is 5.92 Å². The Morgan fingerprint density at radius 2 is 2.00 bits per heavy atom. The molecule has 0 aliphatic heterocycles. The molecule has 0 fully saturated rings. The zero-order valence-electron chi connectivity index (χ0n) is 9.73. The molecule has 2 N–H and O–H groups in total. The fraction of sp³-hybridized carbons (Fsp3) is 0.417. The van der Waals surface area contributed by atoms with Crippen LogP contribution in [0.15, 0.2) is 24.3 Å². The van der Waals surface area contributed by atoms with E-state index in [1.165, 1.54) is 0 Å². The van der Waals surface area contributed by atoms with Gasteiger partial charge in [0.05, 0.1) is 18.7 Å². The smallest absolute Gasteiger partial charge is 0.308 e. The normalized spacial score (nSPS) is 13.9. The van der Waals surface area contributed by atoms with E-state index in [4.69, 9.17) is 9.84 Å². The van der Waals surface area contributed by atoms with Gasteiger partial charge in [-0.1, -0.05) is 12.1 Å². The molecule has 0 aliphatic carbocycles. The molecular weight excluding hydrogens is 206 g/mol. The average Bonchev–Trinajstić information content (AvgIpc) is 2.28. The van der Waals surface area contributed by atoms with E-state index in [2.05, 4.69) is 5.32 Å². The minimum Gasteiger partial charge on any atom is -0.495 e. The van der Waals surface area contributed by atoms with Gasteiger partial charge in [0.25, 0.3) is 0 Å². The lowest BCUT2D eigenvalue weighted by atomic mass is 10.0. The maximum absolute atomic E-state index is 10.8. The first kappa shape index (κ1) is 12.4. The van der Waals surface area contributed by atoms with Crippen LogP contribution < -0.4 is 10.1 Å². The van der Waals surface area contributed by atoms with Crippen molar-refractivity contribution in [3.05, 3.63) is 24.3 Å². The monoisotopic (exact) mass is 223 g/mol. The molecule has 1 aromatic rings. The van der Waals surface area contributed by atoms with Crippen molar-refractivity contribution in [1.29, 1.82) is 0 Å². The summed E-state index contributed by atoms with van der Waals surface area (Å²) in [6.45, 7) is 3.51. The molecule has 0 amide bonds. The van der Waals surface area contributed by atoms with Crippen LogP contribution in [0.3, 0.4) is 0 Å². The topological polar surface area (TPSA) is 58.6 Å². The molecule has 0 aliphatic rings. The first-order chi connectivity index (χ1) is 7.56. The highest BCUT2D eigenvalue weighted by Gasteiger charge is 2.19. The van der Waals surface area contributed by atoms with Gasteiger partial charge < -0.3 is 15.2 Å². The molecule has 0 aromatic heterocycles. The molecule has 2 unspecified atom stereocenters. The highest BCUT2D eigenvalue weighted by Crippen LogP contribution is 2.24. The zero-order valence-corrected chi connectivity index (χ0v) is 9.73. The van der Waals surface area contributed by atoms with E-state index >= 15 is 0 Å². The molecule has 0 saturated heterocycles. The molecule has 0 radical (unpaired) electrons. The van der Waals surface area contributed by atoms with Crippen LogP contribution in [0.5, 0.6) is 5.75 Å². The number of carboxylic acids is 1. The van der Waals surface area contributed by atoms with Gasteiger partial charge in [-0.3, -0.25) is 4.79 Å². The lowest BCUT2D eigenvalue weighted by molar-refractivity contribution is -0.141. The number of anilines is 1. The van der Waals surface area contributed by atoms with Gasteiger partial charge in [-0.25, -0.2) is 0 Å². The molecule has 2 atom stereocenters. The Kier molecular flexibility index (Phi) is 4.17. The molecule has 0 bridgehead atoms. The summed E-state index contributed by atoms with van der Waals surface area (Å²) >= 11 is 0. The van der Waals surface area contributed by atoms with Gasteiger partial charge in [-0.15, -0.1) is 0 Å².